The molecule has 15 heavy (non-hydrogen) atoms. The van der Waals surface area contributed by atoms with Crippen LogP contribution in [0.3, 0.4) is 0 Å². The molecule has 0 radical (unpaired) electrons. The van der Waals surface area contributed by atoms with Crippen LogP contribution in [0.4, 0.5) is 5.69 Å². The number of rotatable bonds is 3. The molecule has 0 fully saturated rings. The van der Waals surface area contributed by atoms with E-state index in [1.165, 1.54) is 0 Å². The summed E-state index contributed by atoms with van der Waals surface area (Å²) >= 11 is 5.97. The lowest BCUT2D eigenvalue weighted by Gasteiger charge is -2.06. The largest absolute Gasteiger partial charge is 0.377 e. The van der Waals surface area contributed by atoms with Crippen molar-refractivity contribution in [3.05, 3.63) is 53.6 Å². The van der Waals surface area contributed by atoms with Gasteiger partial charge in [-0.1, -0.05) is 17.7 Å². The summed E-state index contributed by atoms with van der Waals surface area (Å²) in [6, 6.07) is 7.55. The minimum Gasteiger partial charge on any atom is -0.377 e. The number of nitrogens with zero attached hydrogens (tertiary/aromatic N) is 2. The minimum atomic E-state index is 0.645. The Kier molecular flexibility index (Phi) is 3.15. The van der Waals surface area contributed by atoms with Crippen LogP contribution in [-0.2, 0) is 6.54 Å². The third-order valence-corrected chi connectivity index (χ3v) is 2.28. The summed E-state index contributed by atoms with van der Waals surface area (Å²) in [7, 11) is 0. The monoisotopic (exact) mass is 219 g/mol. The molecule has 0 aromatic carbocycles. The second-order valence-corrected chi connectivity index (χ2v) is 3.44. The van der Waals surface area contributed by atoms with Gasteiger partial charge in [0.25, 0.3) is 0 Å². The third-order valence-electron chi connectivity index (χ3n) is 1.95. The van der Waals surface area contributed by atoms with E-state index in [0.29, 0.717) is 11.6 Å². The number of anilines is 1. The third kappa shape index (κ3) is 2.67. The van der Waals surface area contributed by atoms with Crippen molar-refractivity contribution in [2.45, 2.75) is 6.54 Å². The fraction of sp³-hybridized carbons (Fsp3) is 0.0909. The second-order valence-electron chi connectivity index (χ2n) is 3.03. The van der Waals surface area contributed by atoms with Gasteiger partial charge in [-0.3, -0.25) is 9.97 Å². The molecule has 2 rings (SSSR count). The number of nitrogens with one attached hydrogen (secondary N) is 1. The maximum absolute atomic E-state index is 5.97. The highest BCUT2D eigenvalue weighted by Crippen LogP contribution is 2.19. The van der Waals surface area contributed by atoms with Crippen molar-refractivity contribution in [2.24, 2.45) is 0 Å². The van der Waals surface area contributed by atoms with Crippen LogP contribution in [0.15, 0.2) is 42.9 Å². The van der Waals surface area contributed by atoms with Gasteiger partial charge in [0.2, 0.25) is 0 Å². The zero-order valence-electron chi connectivity index (χ0n) is 8.02. The fourth-order valence-corrected chi connectivity index (χ4v) is 1.37. The zero-order chi connectivity index (χ0) is 10.5. The molecule has 0 spiro atoms. The van der Waals surface area contributed by atoms with Gasteiger partial charge in [0.1, 0.15) is 0 Å². The van der Waals surface area contributed by atoms with E-state index in [-0.39, 0.29) is 0 Å². The van der Waals surface area contributed by atoms with Gasteiger partial charge in [-0.05, 0) is 18.2 Å². The first-order chi connectivity index (χ1) is 7.36. The Morgan fingerprint density at radius 2 is 2.13 bits per heavy atom. The fourth-order valence-electron chi connectivity index (χ4n) is 1.20. The Bertz CT molecular complexity index is 431. The van der Waals surface area contributed by atoms with Crippen molar-refractivity contribution in [2.75, 3.05) is 5.32 Å². The molecule has 2 aromatic rings. The molecule has 0 saturated carbocycles. The van der Waals surface area contributed by atoms with Crippen LogP contribution < -0.4 is 5.32 Å². The summed E-state index contributed by atoms with van der Waals surface area (Å²) < 4.78 is 0. The maximum Gasteiger partial charge on any atom is 0.0719 e. The maximum atomic E-state index is 5.97. The van der Waals surface area contributed by atoms with Gasteiger partial charge in [0.05, 0.1) is 29.1 Å². The molecular weight excluding hydrogens is 210 g/mol. The Hall–Kier alpha value is -1.61. The van der Waals surface area contributed by atoms with Crippen LogP contribution in [0.25, 0.3) is 0 Å². The minimum absolute atomic E-state index is 0.645. The van der Waals surface area contributed by atoms with Crippen LogP contribution in [0.5, 0.6) is 0 Å². The van der Waals surface area contributed by atoms with Gasteiger partial charge >= 0.3 is 0 Å². The molecular formula is C11H10ClN3. The Labute approximate surface area is 93.1 Å². The van der Waals surface area contributed by atoms with Crippen molar-refractivity contribution in [3.63, 3.8) is 0 Å². The molecule has 2 heterocycles. The molecule has 4 heteroatoms. The molecule has 0 saturated heterocycles. The quantitative estimate of drug-likeness (QED) is 0.863. The van der Waals surface area contributed by atoms with Gasteiger partial charge in [-0.15, -0.1) is 0 Å². The van der Waals surface area contributed by atoms with E-state index in [0.717, 1.165) is 11.4 Å². The number of hydrogen-bond acceptors (Lipinski definition) is 3. The molecule has 0 aliphatic rings. The molecule has 0 unspecified atom stereocenters. The highest BCUT2D eigenvalue weighted by Gasteiger charge is 1.98. The van der Waals surface area contributed by atoms with E-state index >= 15 is 0 Å². The van der Waals surface area contributed by atoms with Crippen molar-refractivity contribution in [1.82, 2.24) is 9.97 Å². The average Bonchev–Trinajstić information content (AvgIpc) is 2.29. The molecule has 2 aromatic heterocycles. The van der Waals surface area contributed by atoms with Gasteiger partial charge in [-0.2, -0.15) is 0 Å². The zero-order valence-corrected chi connectivity index (χ0v) is 8.78. The summed E-state index contributed by atoms with van der Waals surface area (Å²) in [6.07, 6.45) is 5.13. The standard InChI is InChI=1S/C11H10ClN3/c12-10-4-6-13-8-11(10)15-7-9-3-1-2-5-14-9/h1-6,8,15H,7H2. The molecule has 0 aliphatic heterocycles. The summed E-state index contributed by atoms with van der Waals surface area (Å²) in [6.45, 7) is 0.645. The Balaban J connectivity index is 2.03. The van der Waals surface area contributed by atoms with Crippen molar-refractivity contribution in [3.8, 4) is 0 Å². The second kappa shape index (κ2) is 4.75. The average molecular weight is 220 g/mol. The first-order valence-electron chi connectivity index (χ1n) is 4.59. The number of aromatic nitrogens is 2. The number of pyridine rings is 2. The lowest BCUT2D eigenvalue weighted by molar-refractivity contribution is 1.04. The van der Waals surface area contributed by atoms with Gasteiger partial charge < -0.3 is 5.32 Å². The molecule has 0 aliphatic carbocycles. The molecule has 0 atom stereocenters. The van der Waals surface area contributed by atoms with Crippen LogP contribution in [-0.4, -0.2) is 9.97 Å². The van der Waals surface area contributed by atoms with E-state index in [9.17, 15) is 0 Å². The molecule has 0 amide bonds. The summed E-state index contributed by atoms with van der Waals surface area (Å²) in [5, 5.41) is 3.84. The van der Waals surface area contributed by atoms with Crippen molar-refractivity contribution in [1.29, 1.82) is 0 Å². The van der Waals surface area contributed by atoms with Gasteiger partial charge in [-0.25, -0.2) is 0 Å². The van der Waals surface area contributed by atoms with E-state index in [1.807, 2.05) is 18.2 Å². The number of halogens is 1. The Morgan fingerprint density at radius 3 is 2.87 bits per heavy atom. The molecule has 76 valence electrons. The summed E-state index contributed by atoms with van der Waals surface area (Å²) in [5.74, 6) is 0. The van der Waals surface area contributed by atoms with Crippen LogP contribution in [0.1, 0.15) is 5.69 Å². The highest BCUT2D eigenvalue weighted by molar-refractivity contribution is 6.33. The van der Waals surface area contributed by atoms with Crippen LogP contribution in [0.2, 0.25) is 5.02 Å². The lowest BCUT2D eigenvalue weighted by Crippen LogP contribution is -2.01. The smallest absolute Gasteiger partial charge is 0.0719 e. The van der Waals surface area contributed by atoms with Crippen molar-refractivity contribution >= 4 is 17.3 Å². The van der Waals surface area contributed by atoms with E-state index < -0.39 is 0 Å². The topological polar surface area (TPSA) is 37.8 Å². The predicted octanol–water partition coefficient (Wildman–Crippen LogP) is 2.74. The molecule has 3 nitrogen and oxygen atoms in total. The summed E-state index contributed by atoms with van der Waals surface area (Å²) in [4.78, 5) is 8.19. The Morgan fingerprint density at radius 1 is 1.20 bits per heavy atom. The van der Waals surface area contributed by atoms with E-state index in [1.54, 1.807) is 24.7 Å². The van der Waals surface area contributed by atoms with Crippen LogP contribution >= 0.6 is 11.6 Å². The van der Waals surface area contributed by atoms with Crippen LogP contribution in [0, 0.1) is 0 Å². The van der Waals surface area contributed by atoms with Gasteiger partial charge in [0, 0.05) is 12.4 Å². The first kappa shape index (κ1) is 9.93. The molecule has 1 N–H and O–H groups in total. The highest BCUT2D eigenvalue weighted by atomic mass is 35.5. The normalized spacial score (nSPS) is 9.93. The van der Waals surface area contributed by atoms with E-state index in [4.69, 9.17) is 11.6 Å². The first-order valence-corrected chi connectivity index (χ1v) is 4.97. The number of hydrogen-bond donors (Lipinski definition) is 1. The predicted molar refractivity (Wildman–Crippen MR) is 60.8 cm³/mol. The van der Waals surface area contributed by atoms with E-state index in [2.05, 4.69) is 15.3 Å². The molecule has 0 bridgehead atoms. The lowest BCUT2D eigenvalue weighted by atomic mass is 10.3. The SMILES string of the molecule is Clc1ccncc1NCc1ccccn1. The summed E-state index contributed by atoms with van der Waals surface area (Å²) in [5.41, 5.74) is 1.79. The van der Waals surface area contributed by atoms with Crippen molar-refractivity contribution < 1.29 is 0 Å². The van der Waals surface area contributed by atoms with Gasteiger partial charge in [0.15, 0.2) is 0 Å².